The fourth-order valence-electron chi connectivity index (χ4n) is 4.91. The van der Waals surface area contributed by atoms with E-state index < -0.39 is 0 Å². The minimum Gasteiger partial charge on any atom is -0.496 e. The smallest absolute Gasteiger partial charge is 0.137 e. The Morgan fingerprint density at radius 1 is 1.15 bits per heavy atom. The number of fused-ring (bicyclic) bond motifs is 1. The van der Waals surface area contributed by atoms with Crippen molar-refractivity contribution in [1.82, 2.24) is 19.7 Å². The van der Waals surface area contributed by atoms with Crippen molar-refractivity contribution in [3.8, 4) is 11.5 Å². The van der Waals surface area contributed by atoms with Gasteiger partial charge >= 0.3 is 0 Å². The molecule has 27 heavy (non-hydrogen) atoms. The molecule has 4 atom stereocenters. The van der Waals surface area contributed by atoms with E-state index in [1.165, 1.54) is 11.9 Å². The summed E-state index contributed by atoms with van der Waals surface area (Å²) in [6.07, 6.45) is 4.67. The SMILES string of the molecule is COc1ccc(CN2C[C@H]3C[C@@H](n4cncn4)[C@H](O)C[C@H]3C2)c(OC)c1C. The number of ether oxygens (including phenoxy) is 2. The van der Waals surface area contributed by atoms with Crippen LogP contribution in [0.3, 0.4) is 0 Å². The Hall–Kier alpha value is -2.12. The second kappa shape index (κ2) is 7.48. The highest BCUT2D eigenvalue weighted by Gasteiger charge is 2.42. The van der Waals surface area contributed by atoms with Gasteiger partial charge < -0.3 is 14.6 Å². The summed E-state index contributed by atoms with van der Waals surface area (Å²) in [5.74, 6) is 2.87. The van der Waals surface area contributed by atoms with Crippen LogP contribution in [0.4, 0.5) is 0 Å². The van der Waals surface area contributed by atoms with Gasteiger partial charge in [0.25, 0.3) is 0 Å². The molecule has 146 valence electrons. The van der Waals surface area contributed by atoms with Crippen molar-refractivity contribution in [2.45, 2.75) is 38.5 Å². The third-order valence-corrected chi connectivity index (χ3v) is 6.22. The fraction of sp³-hybridized carbons (Fsp3) is 0.600. The normalized spacial score (nSPS) is 28.1. The van der Waals surface area contributed by atoms with Crippen molar-refractivity contribution in [3.63, 3.8) is 0 Å². The molecule has 0 spiro atoms. The fourth-order valence-corrected chi connectivity index (χ4v) is 4.91. The molecule has 2 heterocycles. The highest BCUT2D eigenvalue weighted by atomic mass is 16.5. The van der Waals surface area contributed by atoms with Crippen LogP contribution >= 0.6 is 0 Å². The lowest BCUT2D eigenvalue weighted by molar-refractivity contribution is 0.0304. The lowest BCUT2D eigenvalue weighted by atomic mass is 9.77. The van der Waals surface area contributed by atoms with Crippen molar-refractivity contribution < 1.29 is 14.6 Å². The molecule has 1 saturated carbocycles. The number of hydrogen-bond donors (Lipinski definition) is 1. The van der Waals surface area contributed by atoms with Crippen LogP contribution in [0.25, 0.3) is 0 Å². The number of aromatic nitrogens is 3. The third kappa shape index (κ3) is 3.41. The van der Waals surface area contributed by atoms with Gasteiger partial charge in [-0.15, -0.1) is 0 Å². The number of hydrogen-bond acceptors (Lipinski definition) is 6. The maximum atomic E-state index is 10.6. The molecule has 1 aromatic carbocycles. The van der Waals surface area contributed by atoms with E-state index in [1.807, 2.05) is 17.7 Å². The predicted octanol–water partition coefficient (Wildman–Crippen LogP) is 2.05. The molecule has 2 aliphatic rings. The summed E-state index contributed by atoms with van der Waals surface area (Å²) in [7, 11) is 3.40. The third-order valence-electron chi connectivity index (χ3n) is 6.22. The summed E-state index contributed by atoms with van der Waals surface area (Å²) in [6.45, 7) is 4.94. The molecule has 1 aliphatic carbocycles. The molecule has 0 bridgehead atoms. The first-order chi connectivity index (χ1) is 13.1. The van der Waals surface area contributed by atoms with Crippen molar-refractivity contribution in [1.29, 1.82) is 0 Å². The van der Waals surface area contributed by atoms with Gasteiger partial charge in [-0.1, -0.05) is 6.07 Å². The Morgan fingerprint density at radius 2 is 1.93 bits per heavy atom. The molecule has 7 heteroatoms. The number of nitrogens with zero attached hydrogens (tertiary/aromatic N) is 4. The first-order valence-electron chi connectivity index (χ1n) is 9.55. The second-order valence-electron chi connectivity index (χ2n) is 7.78. The first-order valence-corrected chi connectivity index (χ1v) is 9.55. The summed E-state index contributed by atoms with van der Waals surface area (Å²) in [5, 5.41) is 14.8. The van der Waals surface area contributed by atoms with Gasteiger partial charge in [0.1, 0.15) is 24.2 Å². The summed E-state index contributed by atoms with van der Waals surface area (Å²) >= 11 is 0. The maximum absolute atomic E-state index is 10.6. The predicted molar refractivity (Wildman–Crippen MR) is 101 cm³/mol. The summed E-state index contributed by atoms with van der Waals surface area (Å²) in [6, 6.07) is 4.15. The van der Waals surface area contributed by atoms with Crippen LogP contribution in [-0.2, 0) is 6.54 Å². The molecule has 0 radical (unpaired) electrons. The monoisotopic (exact) mass is 372 g/mol. The molecule has 7 nitrogen and oxygen atoms in total. The summed E-state index contributed by atoms with van der Waals surface area (Å²) < 4.78 is 12.9. The molecule has 1 N–H and O–H groups in total. The van der Waals surface area contributed by atoms with Gasteiger partial charge in [0.05, 0.1) is 26.4 Å². The van der Waals surface area contributed by atoms with E-state index in [-0.39, 0.29) is 12.1 Å². The van der Waals surface area contributed by atoms with Gasteiger partial charge in [-0.25, -0.2) is 9.67 Å². The molecule has 2 fully saturated rings. The van der Waals surface area contributed by atoms with Gasteiger partial charge in [0, 0.05) is 30.8 Å². The molecule has 2 aromatic rings. The molecular weight excluding hydrogens is 344 g/mol. The van der Waals surface area contributed by atoms with E-state index in [2.05, 4.69) is 21.0 Å². The zero-order valence-corrected chi connectivity index (χ0v) is 16.2. The van der Waals surface area contributed by atoms with Crippen LogP contribution in [0, 0.1) is 18.8 Å². The van der Waals surface area contributed by atoms with Crippen LogP contribution in [0.1, 0.15) is 30.0 Å². The van der Waals surface area contributed by atoms with Crippen LogP contribution in [0.15, 0.2) is 24.8 Å². The maximum Gasteiger partial charge on any atom is 0.137 e. The summed E-state index contributed by atoms with van der Waals surface area (Å²) in [5.41, 5.74) is 2.22. The molecule has 1 aromatic heterocycles. The number of aliphatic hydroxyl groups excluding tert-OH is 1. The Balaban J connectivity index is 1.47. The van der Waals surface area contributed by atoms with Crippen LogP contribution in [0.2, 0.25) is 0 Å². The van der Waals surface area contributed by atoms with E-state index in [4.69, 9.17) is 9.47 Å². The van der Waals surface area contributed by atoms with Gasteiger partial charge in [0.2, 0.25) is 0 Å². The van der Waals surface area contributed by atoms with E-state index in [1.54, 1.807) is 20.5 Å². The number of benzene rings is 1. The van der Waals surface area contributed by atoms with Crippen molar-refractivity contribution in [2.75, 3.05) is 27.3 Å². The topological polar surface area (TPSA) is 72.6 Å². The Morgan fingerprint density at radius 3 is 2.59 bits per heavy atom. The average molecular weight is 372 g/mol. The van der Waals surface area contributed by atoms with Crippen molar-refractivity contribution >= 4 is 0 Å². The average Bonchev–Trinajstić information content (AvgIpc) is 3.30. The Kier molecular flexibility index (Phi) is 5.06. The largest absolute Gasteiger partial charge is 0.496 e. The lowest BCUT2D eigenvalue weighted by Crippen LogP contribution is -2.36. The van der Waals surface area contributed by atoms with E-state index in [0.29, 0.717) is 11.8 Å². The van der Waals surface area contributed by atoms with Gasteiger partial charge in [-0.3, -0.25) is 4.90 Å². The van der Waals surface area contributed by atoms with E-state index in [0.717, 1.165) is 49.5 Å². The van der Waals surface area contributed by atoms with Gasteiger partial charge in [-0.2, -0.15) is 5.10 Å². The van der Waals surface area contributed by atoms with Crippen LogP contribution in [0.5, 0.6) is 11.5 Å². The zero-order valence-electron chi connectivity index (χ0n) is 16.2. The first kappa shape index (κ1) is 18.3. The molecule has 0 unspecified atom stereocenters. The highest BCUT2D eigenvalue weighted by molar-refractivity contribution is 5.49. The van der Waals surface area contributed by atoms with Crippen molar-refractivity contribution in [2.24, 2.45) is 11.8 Å². The number of methoxy groups -OCH3 is 2. The van der Waals surface area contributed by atoms with Crippen molar-refractivity contribution in [3.05, 3.63) is 35.9 Å². The second-order valence-corrected chi connectivity index (χ2v) is 7.78. The Labute approximate surface area is 159 Å². The number of likely N-dealkylation sites (tertiary alicyclic amines) is 1. The Bertz CT molecular complexity index is 780. The van der Waals surface area contributed by atoms with E-state index >= 15 is 0 Å². The molecule has 0 amide bonds. The quantitative estimate of drug-likeness (QED) is 0.866. The molecular formula is C20H28N4O3. The minimum absolute atomic E-state index is 0.0338. The molecule has 1 saturated heterocycles. The minimum atomic E-state index is -0.356. The van der Waals surface area contributed by atoms with Gasteiger partial charge in [0.15, 0.2) is 0 Å². The number of aliphatic hydroxyl groups is 1. The molecule has 1 aliphatic heterocycles. The standard InChI is InChI=1S/C20H28N4O3/c1-13-19(26-2)5-4-14(20(13)27-3)8-23-9-15-6-17(24-12-21-11-22-24)18(25)7-16(15)10-23/h4-5,11-12,15-18,25H,6-10H2,1-3H3/t15-,16+,17-,18-/m1/s1. The van der Waals surface area contributed by atoms with Crippen LogP contribution in [-0.4, -0.2) is 58.2 Å². The van der Waals surface area contributed by atoms with Gasteiger partial charge in [-0.05, 0) is 37.7 Å². The highest BCUT2D eigenvalue weighted by Crippen LogP contribution is 2.42. The zero-order chi connectivity index (χ0) is 19.0. The van der Waals surface area contributed by atoms with Crippen LogP contribution < -0.4 is 9.47 Å². The van der Waals surface area contributed by atoms with E-state index in [9.17, 15) is 5.11 Å². The number of rotatable bonds is 5. The molecule has 4 rings (SSSR count). The lowest BCUT2D eigenvalue weighted by Gasteiger charge is -2.35. The summed E-state index contributed by atoms with van der Waals surface area (Å²) in [4.78, 5) is 6.52.